The number of aromatic carboxylic acids is 1. The van der Waals surface area contributed by atoms with Crippen LogP contribution in [0.1, 0.15) is 35.7 Å². The molecule has 100 valence electrons. The lowest BCUT2D eigenvalue weighted by molar-refractivity contribution is 0.0697. The van der Waals surface area contributed by atoms with E-state index in [9.17, 15) is 9.59 Å². The van der Waals surface area contributed by atoms with E-state index < -0.39 is 5.97 Å². The summed E-state index contributed by atoms with van der Waals surface area (Å²) in [6, 6.07) is 4.84. The Bertz CT molecular complexity index is 564. The van der Waals surface area contributed by atoms with E-state index in [1.165, 1.54) is 0 Å². The molecule has 1 saturated carbocycles. The summed E-state index contributed by atoms with van der Waals surface area (Å²) in [5.41, 5.74) is 1.91. The van der Waals surface area contributed by atoms with E-state index in [0.29, 0.717) is 6.54 Å². The monoisotopic (exact) mass is 260 g/mol. The number of amides is 2. The standard InChI is InChI=1S/C14H16N2O3/c1-14(5-6-14)15-13(19)16-7-4-9-2-3-10(12(17)18)8-11(9)16/h2-3,8H,4-7H2,1H3,(H,15,19)(H,17,18). The first-order chi connectivity index (χ1) is 8.98. The summed E-state index contributed by atoms with van der Waals surface area (Å²) in [4.78, 5) is 24.9. The Morgan fingerprint density at radius 2 is 2.11 bits per heavy atom. The number of nitrogens with one attached hydrogen (secondary N) is 1. The molecule has 0 atom stereocenters. The molecule has 0 spiro atoms. The molecule has 0 bridgehead atoms. The van der Waals surface area contributed by atoms with Crippen molar-refractivity contribution in [2.45, 2.75) is 31.7 Å². The lowest BCUT2D eigenvalue weighted by Crippen LogP contribution is -2.44. The summed E-state index contributed by atoms with van der Waals surface area (Å²) < 4.78 is 0. The van der Waals surface area contributed by atoms with Gasteiger partial charge in [0, 0.05) is 17.8 Å². The highest BCUT2D eigenvalue weighted by atomic mass is 16.4. The molecule has 19 heavy (non-hydrogen) atoms. The van der Waals surface area contributed by atoms with Crippen molar-refractivity contribution in [2.75, 3.05) is 11.4 Å². The number of rotatable bonds is 2. The second-order valence-electron chi connectivity index (χ2n) is 5.54. The molecule has 0 unspecified atom stereocenters. The topological polar surface area (TPSA) is 69.6 Å². The molecule has 1 aromatic rings. The van der Waals surface area contributed by atoms with Gasteiger partial charge in [0.25, 0.3) is 0 Å². The number of urea groups is 1. The van der Waals surface area contributed by atoms with Crippen LogP contribution < -0.4 is 10.2 Å². The van der Waals surface area contributed by atoms with Gasteiger partial charge >= 0.3 is 12.0 Å². The Balaban J connectivity index is 1.85. The molecule has 1 fully saturated rings. The Kier molecular flexibility index (Phi) is 2.52. The third-order valence-electron chi connectivity index (χ3n) is 3.88. The Hall–Kier alpha value is -2.04. The zero-order chi connectivity index (χ0) is 13.6. The molecular formula is C14H16N2O3. The first-order valence-corrected chi connectivity index (χ1v) is 6.44. The van der Waals surface area contributed by atoms with Crippen molar-refractivity contribution in [1.82, 2.24) is 5.32 Å². The molecule has 0 saturated heterocycles. The summed E-state index contributed by atoms with van der Waals surface area (Å²) in [5, 5.41) is 12.0. The Morgan fingerprint density at radius 3 is 2.74 bits per heavy atom. The number of benzene rings is 1. The third kappa shape index (κ3) is 2.16. The van der Waals surface area contributed by atoms with E-state index in [-0.39, 0.29) is 17.1 Å². The molecular weight excluding hydrogens is 244 g/mol. The van der Waals surface area contributed by atoms with Gasteiger partial charge in [-0.05, 0) is 43.9 Å². The molecule has 0 radical (unpaired) electrons. The van der Waals surface area contributed by atoms with Crippen molar-refractivity contribution in [2.24, 2.45) is 0 Å². The van der Waals surface area contributed by atoms with Gasteiger partial charge in [0.05, 0.1) is 5.56 Å². The average molecular weight is 260 g/mol. The summed E-state index contributed by atoms with van der Waals surface area (Å²) in [7, 11) is 0. The maximum absolute atomic E-state index is 12.2. The number of carboxylic acids is 1. The first kappa shape index (κ1) is 12.0. The molecule has 3 rings (SSSR count). The maximum atomic E-state index is 12.2. The van der Waals surface area contributed by atoms with E-state index in [2.05, 4.69) is 5.32 Å². The lowest BCUT2D eigenvalue weighted by Gasteiger charge is -2.21. The van der Waals surface area contributed by atoms with Crippen LogP contribution in [0.25, 0.3) is 0 Å². The van der Waals surface area contributed by atoms with Crippen LogP contribution in [0.15, 0.2) is 18.2 Å². The van der Waals surface area contributed by atoms with Crippen LogP contribution in [0.5, 0.6) is 0 Å². The van der Waals surface area contributed by atoms with Gasteiger partial charge in [0.2, 0.25) is 0 Å². The molecule has 2 N–H and O–H groups in total. The van der Waals surface area contributed by atoms with Gasteiger partial charge < -0.3 is 10.4 Å². The number of fused-ring (bicyclic) bond motifs is 1. The second-order valence-corrected chi connectivity index (χ2v) is 5.54. The highest BCUT2D eigenvalue weighted by Crippen LogP contribution is 2.36. The number of nitrogens with zero attached hydrogens (tertiary/aromatic N) is 1. The van der Waals surface area contributed by atoms with Crippen LogP contribution in [-0.4, -0.2) is 29.2 Å². The van der Waals surface area contributed by atoms with Crippen LogP contribution in [0, 0.1) is 0 Å². The molecule has 1 heterocycles. The van der Waals surface area contributed by atoms with Gasteiger partial charge in [-0.25, -0.2) is 9.59 Å². The van der Waals surface area contributed by atoms with Crippen LogP contribution in [0.3, 0.4) is 0 Å². The minimum atomic E-state index is -0.968. The third-order valence-corrected chi connectivity index (χ3v) is 3.88. The number of anilines is 1. The SMILES string of the molecule is CC1(NC(=O)N2CCc3ccc(C(=O)O)cc32)CC1. The zero-order valence-electron chi connectivity index (χ0n) is 10.8. The Labute approximate surface area is 111 Å². The summed E-state index contributed by atoms with van der Waals surface area (Å²) in [6.07, 6.45) is 2.79. The van der Waals surface area contributed by atoms with Crippen molar-refractivity contribution in [1.29, 1.82) is 0 Å². The fourth-order valence-electron chi connectivity index (χ4n) is 2.36. The smallest absolute Gasteiger partial charge is 0.335 e. The van der Waals surface area contributed by atoms with Gasteiger partial charge in [0.15, 0.2) is 0 Å². The van der Waals surface area contributed by atoms with Crippen LogP contribution >= 0.6 is 0 Å². The van der Waals surface area contributed by atoms with E-state index >= 15 is 0 Å². The fraction of sp³-hybridized carbons (Fsp3) is 0.429. The predicted molar refractivity (Wildman–Crippen MR) is 70.6 cm³/mol. The van der Waals surface area contributed by atoms with Crippen molar-refractivity contribution in [3.8, 4) is 0 Å². The highest BCUT2D eigenvalue weighted by molar-refractivity contribution is 5.97. The van der Waals surface area contributed by atoms with E-state index in [1.54, 1.807) is 23.1 Å². The molecule has 2 amide bonds. The normalized spacial score (nSPS) is 18.9. The largest absolute Gasteiger partial charge is 0.478 e. The molecule has 1 aliphatic carbocycles. The first-order valence-electron chi connectivity index (χ1n) is 6.44. The van der Waals surface area contributed by atoms with Gasteiger partial charge in [-0.2, -0.15) is 0 Å². The number of carboxylic acid groups (broad SMARTS) is 1. The summed E-state index contributed by atoms with van der Waals surface area (Å²) >= 11 is 0. The Morgan fingerprint density at radius 1 is 1.37 bits per heavy atom. The molecule has 1 aromatic carbocycles. The summed E-state index contributed by atoms with van der Waals surface area (Å²) in [6.45, 7) is 2.63. The van der Waals surface area contributed by atoms with Crippen molar-refractivity contribution in [3.05, 3.63) is 29.3 Å². The number of carbonyl (C=O) groups excluding carboxylic acids is 1. The molecule has 2 aliphatic rings. The van der Waals surface area contributed by atoms with E-state index in [0.717, 1.165) is 30.5 Å². The zero-order valence-corrected chi connectivity index (χ0v) is 10.8. The van der Waals surface area contributed by atoms with Crippen LogP contribution in [0.2, 0.25) is 0 Å². The van der Waals surface area contributed by atoms with Crippen molar-refractivity contribution in [3.63, 3.8) is 0 Å². The minimum absolute atomic E-state index is 0.0652. The fourth-order valence-corrected chi connectivity index (χ4v) is 2.36. The molecule has 5 nitrogen and oxygen atoms in total. The lowest BCUT2D eigenvalue weighted by atomic mass is 10.1. The van der Waals surface area contributed by atoms with Crippen LogP contribution in [0.4, 0.5) is 10.5 Å². The second kappa shape index (κ2) is 3.98. The number of hydrogen-bond donors (Lipinski definition) is 2. The predicted octanol–water partition coefficient (Wildman–Crippen LogP) is 2.01. The highest BCUT2D eigenvalue weighted by Gasteiger charge is 2.40. The summed E-state index contributed by atoms with van der Waals surface area (Å²) in [5.74, 6) is -0.968. The van der Waals surface area contributed by atoms with Gasteiger partial charge in [-0.3, -0.25) is 4.90 Å². The minimum Gasteiger partial charge on any atom is -0.478 e. The average Bonchev–Trinajstić information content (AvgIpc) is 2.92. The van der Waals surface area contributed by atoms with E-state index in [1.807, 2.05) is 6.92 Å². The quantitative estimate of drug-likeness (QED) is 0.854. The van der Waals surface area contributed by atoms with Gasteiger partial charge in [0.1, 0.15) is 0 Å². The number of hydrogen-bond acceptors (Lipinski definition) is 2. The maximum Gasteiger partial charge on any atom is 0.335 e. The van der Waals surface area contributed by atoms with E-state index in [4.69, 9.17) is 5.11 Å². The van der Waals surface area contributed by atoms with Crippen LogP contribution in [-0.2, 0) is 6.42 Å². The molecule has 1 aliphatic heterocycles. The molecule has 0 aromatic heterocycles. The van der Waals surface area contributed by atoms with Gasteiger partial charge in [-0.1, -0.05) is 6.07 Å². The number of carbonyl (C=O) groups is 2. The van der Waals surface area contributed by atoms with Gasteiger partial charge in [-0.15, -0.1) is 0 Å². The van der Waals surface area contributed by atoms with Crippen molar-refractivity contribution < 1.29 is 14.7 Å². The van der Waals surface area contributed by atoms with Crippen molar-refractivity contribution >= 4 is 17.7 Å². The molecule has 5 heteroatoms.